The standard InChI is InChI=1S/C25H30N2O7/c1-15(2)20-10-4-16(3)12-22(20)33-14-24(28)26-18-7-11-21(27(31)32)23(13-18)34-19-8-5-17(6-9-19)25(29)30/h5-9,11,13,15-16,20,22H,4,10,12,14H2,1-3H3,(H,26,28)(H,29,30). The van der Waals surface area contributed by atoms with Crippen molar-refractivity contribution in [2.75, 3.05) is 11.9 Å². The van der Waals surface area contributed by atoms with Gasteiger partial charge in [-0.05, 0) is 60.9 Å². The van der Waals surface area contributed by atoms with Gasteiger partial charge in [0.25, 0.3) is 0 Å². The van der Waals surface area contributed by atoms with Crippen LogP contribution in [0.3, 0.4) is 0 Å². The summed E-state index contributed by atoms with van der Waals surface area (Å²) in [4.78, 5) is 34.4. The number of carboxylic acid groups (broad SMARTS) is 1. The third kappa shape index (κ3) is 6.54. The number of nitrogens with zero attached hydrogens (tertiary/aromatic N) is 1. The van der Waals surface area contributed by atoms with Crippen LogP contribution in [0, 0.1) is 27.9 Å². The van der Waals surface area contributed by atoms with Gasteiger partial charge < -0.3 is 19.9 Å². The van der Waals surface area contributed by atoms with Gasteiger partial charge in [0.05, 0.1) is 16.6 Å². The molecular weight excluding hydrogens is 440 g/mol. The Bertz CT molecular complexity index is 1040. The zero-order valence-electron chi connectivity index (χ0n) is 19.5. The zero-order valence-corrected chi connectivity index (χ0v) is 19.5. The second kappa shape index (κ2) is 11.1. The number of hydrogen-bond donors (Lipinski definition) is 2. The van der Waals surface area contributed by atoms with E-state index in [9.17, 15) is 19.7 Å². The van der Waals surface area contributed by atoms with Crippen molar-refractivity contribution in [2.24, 2.45) is 17.8 Å². The van der Waals surface area contributed by atoms with Gasteiger partial charge in [-0.3, -0.25) is 14.9 Å². The summed E-state index contributed by atoms with van der Waals surface area (Å²) in [5.41, 5.74) is 0.108. The number of hydrogen-bond acceptors (Lipinski definition) is 6. The van der Waals surface area contributed by atoms with Crippen LogP contribution < -0.4 is 10.1 Å². The number of ether oxygens (including phenoxy) is 2. The SMILES string of the molecule is CC1CCC(C(C)C)C(OCC(=O)Nc2ccc([N+](=O)[O-])c(Oc3ccc(C(=O)O)cc3)c2)C1. The third-order valence-corrected chi connectivity index (χ3v) is 6.16. The van der Waals surface area contributed by atoms with E-state index in [0.29, 0.717) is 23.4 Å². The van der Waals surface area contributed by atoms with Crippen LogP contribution in [0.25, 0.3) is 0 Å². The Morgan fingerprint density at radius 3 is 2.50 bits per heavy atom. The lowest BCUT2D eigenvalue weighted by atomic mass is 9.75. The Morgan fingerprint density at radius 2 is 1.88 bits per heavy atom. The summed E-state index contributed by atoms with van der Waals surface area (Å²) in [6.07, 6.45) is 3.20. The smallest absolute Gasteiger partial charge is 0.335 e. The molecule has 0 radical (unpaired) electrons. The minimum atomic E-state index is -1.09. The second-order valence-electron chi connectivity index (χ2n) is 9.09. The first-order chi connectivity index (χ1) is 16.1. The molecule has 0 spiro atoms. The van der Waals surface area contributed by atoms with Crippen LogP contribution >= 0.6 is 0 Å². The number of amides is 1. The molecule has 0 bridgehead atoms. The summed E-state index contributed by atoms with van der Waals surface area (Å²) >= 11 is 0. The highest BCUT2D eigenvalue weighted by atomic mass is 16.6. The summed E-state index contributed by atoms with van der Waals surface area (Å²) in [7, 11) is 0. The highest BCUT2D eigenvalue weighted by molar-refractivity contribution is 5.92. The van der Waals surface area contributed by atoms with Crippen molar-refractivity contribution >= 4 is 23.3 Å². The van der Waals surface area contributed by atoms with Gasteiger partial charge in [-0.2, -0.15) is 0 Å². The first-order valence-electron chi connectivity index (χ1n) is 11.3. The van der Waals surface area contributed by atoms with E-state index in [-0.39, 0.29) is 41.4 Å². The number of carboxylic acids is 1. The van der Waals surface area contributed by atoms with E-state index in [1.54, 1.807) is 0 Å². The predicted octanol–water partition coefficient (Wildman–Crippen LogP) is 5.50. The average molecular weight is 471 g/mol. The van der Waals surface area contributed by atoms with Gasteiger partial charge >= 0.3 is 11.7 Å². The first kappa shape index (κ1) is 25.2. The van der Waals surface area contributed by atoms with Crippen molar-refractivity contribution < 1.29 is 29.1 Å². The summed E-state index contributed by atoms with van der Waals surface area (Å²) in [5, 5.41) is 23.1. The highest BCUT2D eigenvalue weighted by Crippen LogP contribution is 2.36. The zero-order chi connectivity index (χ0) is 24.8. The summed E-state index contributed by atoms with van der Waals surface area (Å²) < 4.78 is 11.6. The molecule has 0 saturated heterocycles. The molecule has 2 N–H and O–H groups in total. The van der Waals surface area contributed by atoms with Crippen LogP contribution in [0.5, 0.6) is 11.5 Å². The molecule has 3 rings (SSSR count). The molecule has 0 aliphatic heterocycles. The summed E-state index contributed by atoms with van der Waals surface area (Å²) in [6, 6.07) is 9.52. The third-order valence-electron chi connectivity index (χ3n) is 6.16. The van der Waals surface area contributed by atoms with E-state index in [1.807, 2.05) is 0 Å². The van der Waals surface area contributed by atoms with Crippen molar-refractivity contribution in [1.29, 1.82) is 0 Å². The number of benzene rings is 2. The number of rotatable bonds is 9. The number of nitrogens with one attached hydrogen (secondary N) is 1. The van der Waals surface area contributed by atoms with E-state index < -0.39 is 10.9 Å². The molecule has 9 nitrogen and oxygen atoms in total. The predicted molar refractivity (Wildman–Crippen MR) is 126 cm³/mol. The van der Waals surface area contributed by atoms with Gasteiger partial charge in [-0.25, -0.2) is 4.79 Å². The van der Waals surface area contributed by atoms with Crippen molar-refractivity contribution in [3.8, 4) is 11.5 Å². The molecule has 3 unspecified atom stereocenters. The normalized spacial score (nSPS) is 20.1. The van der Waals surface area contributed by atoms with Gasteiger partial charge in [0.15, 0.2) is 0 Å². The quantitative estimate of drug-likeness (QED) is 0.366. The fourth-order valence-corrected chi connectivity index (χ4v) is 4.30. The fraction of sp³-hybridized carbons (Fsp3) is 0.440. The van der Waals surface area contributed by atoms with Crippen molar-refractivity contribution in [3.63, 3.8) is 0 Å². The molecule has 1 fully saturated rings. The van der Waals surface area contributed by atoms with E-state index in [0.717, 1.165) is 12.8 Å². The van der Waals surface area contributed by atoms with Gasteiger partial charge in [0, 0.05) is 17.8 Å². The Balaban J connectivity index is 1.67. The van der Waals surface area contributed by atoms with Crippen molar-refractivity contribution in [2.45, 2.75) is 46.1 Å². The average Bonchev–Trinajstić information content (AvgIpc) is 2.78. The Labute approximate surface area is 198 Å². The lowest BCUT2D eigenvalue weighted by Crippen LogP contribution is -2.36. The van der Waals surface area contributed by atoms with Crippen LogP contribution in [0.15, 0.2) is 42.5 Å². The number of nitro benzene ring substituents is 1. The lowest BCUT2D eigenvalue weighted by Gasteiger charge is -2.37. The number of aromatic carboxylic acids is 1. The molecule has 1 aliphatic rings. The molecule has 1 saturated carbocycles. The van der Waals surface area contributed by atoms with Crippen molar-refractivity contribution in [3.05, 3.63) is 58.1 Å². The first-order valence-corrected chi connectivity index (χ1v) is 11.3. The molecule has 1 amide bonds. The van der Waals surface area contributed by atoms with E-state index in [4.69, 9.17) is 14.6 Å². The Kier molecular flexibility index (Phi) is 8.22. The molecule has 2 aromatic rings. The summed E-state index contributed by atoms with van der Waals surface area (Å²) in [6.45, 7) is 6.43. The van der Waals surface area contributed by atoms with Crippen LogP contribution in [-0.2, 0) is 9.53 Å². The van der Waals surface area contributed by atoms with Crippen LogP contribution in [0.4, 0.5) is 11.4 Å². The lowest BCUT2D eigenvalue weighted by molar-refractivity contribution is -0.385. The maximum atomic E-state index is 12.5. The van der Waals surface area contributed by atoms with Crippen LogP contribution in [0.1, 0.15) is 50.4 Å². The molecule has 182 valence electrons. The minimum Gasteiger partial charge on any atom is -0.478 e. The second-order valence-corrected chi connectivity index (χ2v) is 9.09. The number of carbonyl (C=O) groups excluding carboxylic acids is 1. The van der Waals surface area contributed by atoms with Crippen LogP contribution in [-0.4, -0.2) is 34.6 Å². The van der Waals surface area contributed by atoms with Gasteiger partial charge in [-0.1, -0.05) is 27.2 Å². The van der Waals surface area contributed by atoms with Gasteiger partial charge in [0.2, 0.25) is 11.7 Å². The molecule has 9 heteroatoms. The molecule has 0 aromatic heterocycles. The topological polar surface area (TPSA) is 128 Å². The van der Waals surface area contributed by atoms with Gasteiger partial charge in [0.1, 0.15) is 12.4 Å². The molecular formula is C25H30N2O7. The largest absolute Gasteiger partial charge is 0.478 e. The molecule has 34 heavy (non-hydrogen) atoms. The fourth-order valence-electron chi connectivity index (χ4n) is 4.30. The maximum absolute atomic E-state index is 12.5. The van der Waals surface area contributed by atoms with Gasteiger partial charge in [-0.15, -0.1) is 0 Å². The van der Waals surface area contributed by atoms with Crippen LogP contribution in [0.2, 0.25) is 0 Å². The van der Waals surface area contributed by atoms with E-state index in [2.05, 4.69) is 26.1 Å². The molecule has 2 aromatic carbocycles. The Morgan fingerprint density at radius 1 is 1.18 bits per heavy atom. The minimum absolute atomic E-state index is 0.0269. The van der Waals surface area contributed by atoms with E-state index >= 15 is 0 Å². The number of carbonyl (C=O) groups is 2. The number of nitro groups is 1. The Hall–Kier alpha value is -3.46. The maximum Gasteiger partial charge on any atom is 0.335 e. The monoisotopic (exact) mass is 470 g/mol. The molecule has 3 atom stereocenters. The number of anilines is 1. The summed E-state index contributed by atoms with van der Waals surface area (Å²) in [5.74, 6) is 0.148. The molecule has 0 heterocycles. The van der Waals surface area contributed by atoms with Crippen molar-refractivity contribution in [1.82, 2.24) is 0 Å². The highest BCUT2D eigenvalue weighted by Gasteiger charge is 2.31. The molecule has 1 aliphatic carbocycles. The van der Waals surface area contributed by atoms with E-state index in [1.165, 1.54) is 48.9 Å².